The standard InChI is InChI=1S/C15H22F3NO/c1-11(2)19-9-14(3,4)10-20-13-7-5-6-12(8-13)15(16,17)18/h5-8,11,19H,9-10H2,1-4H3. The van der Waals surface area contributed by atoms with Gasteiger partial charge in [0.25, 0.3) is 0 Å². The van der Waals surface area contributed by atoms with E-state index in [2.05, 4.69) is 5.32 Å². The van der Waals surface area contributed by atoms with E-state index in [4.69, 9.17) is 4.74 Å². The molecule has 0 heterocycles. The highest BCUT2D eigenvalue weighted by Gasteiger charge is 2.30. The Bertz CT molecular complexity index is 427. The summed E-state index contributed by atoms with van der Waals surface area (Å²) in [6, 6.07) is 5.34. The minimum absolute atomic E-state index is 0.154. The van der Waals surface area contributed by atoms with Crippen molar-refractivity contribution in [3.05, 3.63) is 29.8 Å². The Morgan fingerprint density at radius 1 is 1.20 bits per heavy atom. The summed E-state index contributed by atoms with van der Waals surface area (Å²) in [4.78, 5) is 0. The highest BCUT2D eigenvalue weighted by Crippen LogP contribution is 2.31. The predicted molar refractivity (Wildman–Crippen MR) is 73.9 cm³/mol. The largest absolute Gasteiger partial charge is 0.493 e. The van der Waals surface area contributed by atoms with E-state index >= 15 is 0 Å². The Kier molecular flexibility index (Phi) is 5.45. The summed E-state index contributed by atoms with van der Waals surface area (Å²) in [5, 5.41) is 3.30. The molecule has 0 saturated carbocycles. The molecule has 114 valence electrons. The number of halogens is 3. The quantitative estimate of drug-likeness (QED) is 0.851. The molecule has 1 aromatic carbocycles. The Morgan fingerprint density at radius 2 is 1.85 bits per heavy atom. The molecule has 2 nitrogen and oxygen atoms in total. The van der Waals surface area contributed by atoms with Crippen LogP contribution < -0.4 is 10.1 Å². The first kappa shape index (κ1) is 16.8. The zero-order valence-electron chi connectivity index (χ0n) is 12.3. The van der Waals surface area contributed by atoms with Crippen molar-refractivity contribution in [2.45, 2.75) is 39.9 Å². The lowest BCUT2D eigenvalue weighted by molar-refractivity contribution is -0.137. The lowest BCUT2D eigenvalue weighted by Crippen LogP contribution is -2.37. The van der Waals surface area contributed by atoms with Gasteiger partial charge in [-0.05, 0) is 18.2 Å². The van der Waals surface area contributed by atoms with Gasteiger partial charge >= 0.3 is 6.18 Å². The number of ether oxygens (including phenoxy) is 1. The minimum atomic E-state index is -4.34. The van der Waals surface area contributed by atoms with E-state index in [1.54, 1.807) is 6.07 Å². The number of rotatable bonds is 6. The van der Waals surface area contributed by atoms with Crippen molar-refractivity contribution in [2.24, 2.45) is 5.41 Å². The fourth-order valence-electron chi connectivity index (χ4n) is 1.57. The summed E-state index contributed by atoms with van der Waals surface area (Å²) in [7, 11) is 0. The SMILES string of the molecule is CC(C)NCC(C)(C)COc1cccc(C(F)(F)F)c1. The molecule has 0 spiro atoms. The zero-order chi connectivity index (χ0) is 15.4. The average molecular weight is 289 g/mol. The number of benzene rings is 1. The molecule has 0 atom stereocenters. The summed E-state index contributed by atoms with van der Waals surface area (Å²) >= 11 is 0. The van der Waals surface area contributed by atoms with Gasteiger partial charge in [-0.3, -0.25) is 0 Å². The summed E-state index contributed by atoms with van der Waals surface area (Å²) < 4.78 is 43.3. The second kappa shape index (κ2) is 6.48. The van der Waals surface area contributed by atoms with E-state index in [9.17, 15) is 13.2 Å². The third kappa shape index (κ3) is 5.82. The molecule has 0 aliphatic rings. The van der Waals surface area contributed by atoms with Crippen molar-refractivity contribution < 1.29 is 17.9 Å². The van der Waals surface area contributed by atoms with Crippen LogP contribution in [0.1, 0.15) is 33.3 Å². The average Bonchev–Trinajstić information content (AvgIpc) is 2.34. The van der Waals surface area contributed by atoms with Gasteiger partial charge in [0.1, 0.15) is 5.75 Å². The predicted octanol–water partition coefficient (Wildman–Crippen LogP) is 4.11. The van der Waals surface area contributed by atoms with Crippen molar-refractivity contribution in [1.82, 2.24) is 5.32 Å². The molecule has 5 heteroatoms. The van der Waals surface area contributed by atoms with Crippen LogP contribution in [0, 0.1) is 5.41 Å². The first-order valence-corrected chi connectivity index (χ1v) is 6.64. The maximum absolute atomic E-state index is 12.6. The van der Waals surface area contributed by atoms with Gasteiger partial charge in [0, 0.05) is 18.0 Å². The van der Waals surface area contributed by atoms with Crippen molar-refractivity contribution in [3.8, 4) is 5.75 Å². The van der Waals surface area contributed by atoms with Gasteiger partial charge in [0.2, 0.25) is 0 Å². The second-order valence-corrected chi connectivity index (χ2v) is 6.01. The van der Waals surface area contributed by atoms with Crippen LogP contribution in [0.4, 0.5) is 13.2 Å². The minimum Gasteiger partial charge on any atom is -0.493 e. The summed E-state index contributed by atoms with van der Waals surface area (Å²) in [6.07, 6.45) is -4.34. The maximum Gasteiger partial charge on any atom is 0.416 e. The fraction of sp³-hybridized carbons (Fsp3) is 0.600. The van der Waals surface area contributed by atoms with E-state index in [0.29, 0.717) is 12.6 Å². The summed E-state index contributed by atoms with van der Waals surface area (Å²) in [5.41, 5.74) is -0.841. The number of alkyl halides is 3. The molecule has 0 amide bonds. The summed E-state index contributed by atoms with van der Waals surface area (Å²) in [6.45, 7) is 9.21. The maximum atomic E-state index is 12.6. The van der Waals surface area contributed by atoms with Crippen LogP contribution in [0.5, 0.6) is 5.75 Å². The van der Waals surface area contributed by atoms with Crippen LogP contribution in [-0.4, -0.2) is 19.2 Å². The third-order valence-corrected chi connectivity index (χ3v) is 2.78. The molecular weight excluding hydrogens is 267 g/mol. The molecule has 0 aliphatic heterocycles. The van der Waals surface area contributed by atoms with Gasteiger partial charge in [-0.25, -0.2) is 0 Å². The Hall–Kier alpha value is -1.23. The van der Waals surface area contributed by atoms with Crippen LogP contribution >= 0.6 is 0 Å². The molecule has 0 radical (unpaired) electrons. The van der Waals surface area contributed by atoms with E-state index in [0.717, 1.165) is 18.7 Å². The van der Waals surface area contributed by atoms with Crippen molar-refractivity contribution in [3.63, 3.8) is 0 Å². The number of hydrogen-bond acceptors (Lipinski definition) is 2. The van der Waals surface area contributed by atoms with Crippen LogP contribution in [-0.2, 0) is 6.18 Å². The Labute approximate surface area is 118 Å². The van der Waals surface area contributed by atoms with Gasteiger partial charge in [-0.15, -0.1) is 0 Å². The molecule has 0 aliphatic carbocycles. The van der Waals surface area contributed by atoms with Gasteiger partial charge in [-0.1, -0.05) is 33.8 Å². The number of nitrogens with one attached hydrogen (secondary N) is 1. The highest BCUT2D eigenvalue weighted by atomic mass is 19.4. The van der Waals surface area contributed by atoms with Crippen molar-refractivity contribution >= 4 is 0 Å². The van der Waals surface area contributed by atoms with Gasteiger partial charge in [-0.2, -0.15) is 13.2 Å². The van der Waals surface area contributed by atoms with E-state index in [1.807, 2.05) is 27.7 Å². The first-order chi connectivity index (χ1) is 9.10. The van der Waals surface area contributed by atoms with E-state index < -0.39 is 11.7 Å². The Balaban J connectivity index is 2.61. The van der Waals surface area contributed by atoms with Gasteiger partial charge < -0.3 is 10.1 Å². The third-order valence-electron chi connectivity index (χ3n) is 2.78. The molecule has 0 unspecified atom stereocenters. The molecule has 1 aromatic rings. The van der Waals surface area contributed by atoms with Gasteiger partial charge in [0.15, 0.2) is 0 Å². The summed E-state index contributed by atoms with van der Waals surface area (Å²) in [5.74, 6) is 0.248. The van der Waals surface area contributed by atoms with Crippen LogP contribution in [0.25, 0.3) is 0 Å². The molecule has 0 bridgehead atoms. The van der Waals surface area contributed by atoms with Crippen LogP contribution in [0.15, 0.2) is 24.3 Å². The van der Waals surface area contributed by atoms with E-state index in [1.165, 1.54) is 6.07 Å². The lowest BCUT2D eigenvalue weighted by Gasteiger charge is -2.26. The molecule has 1 N–H and O–H groups in total. The molecular formula is C15H22F3NO. The fourth-order valence-corrected chi connectivity index (χ4v) is 1.57. The van der Waals surface area contributed by atoms with Crippen molar-refractivity contribution in [1.29, 1.82) is 0 Å². The molecule has 0 aromatic heterocycles. The first-order valence-electron chi connectivity index (χ1n) is 6.64. The molecule has 20 heavy (non-hydrogen) atoms. The van der Waals surface area contributed by atoms with Crippen LogP contribution in [0.3, 0.4) is 0 Å². The normalized spacial score (nSPS) is 12.8. The monoisotopic (exact) mass is 289 g/mol. The number of hydrogen-bond donors (Lipinski definition) is 1. The highest BCUT2D eigenvalue weighted by molar-refractivity contribution is 5.30. The second-order valence-electron chi connectivity index (χ2n) is 6.01. The molecule has 0 fully saturated rings. The van der Waals surface area contributed by atoms with Gasteiger partial charge in [0.05, 0.1) is 12.2 Å². The molecule has 0 saturated heterocycles. The van der Waals surface area contributed by atoms with Crippen LogP contribution in [0.2, 0.25) is 0 Å². The smallest absolute Gasteiger partial charge is 0.416 e. The lowest BCUT2D eigenvalue weighted by atomic mass is 9.94. The topological polar surface area (TPSA) is 21.3 Å². The zero-order valence-corrected chi connectivity index (χ0v) is 12.3. The molecule has 1 rings (SSSR count). The van der Waals surface area contributed by atoms with Crippen molar-refractivity contribution in [2.75, 3.05) is 13.2 Å². The Morgan fingerprint density at radius 3 is 2.40 bits per heavy atom. The van der Waals surface area contributed by atoms with E-state index in [-0.39, 0.29) is 11.2 Å².